The van der Waals surface area contributed by atoms with Crippen LogP contribution in [0.1, 0.15) is 48.9 Å². The second kappa shape index (κ2) is 8.70. The fourth-order valence-corrected chi connectivity index (χ4v) is 2.78. The average molecular weight is 355 g/mol. The van der Waals surface area contributed by atoms with Gasteiger partial charge in [-0.05, 0) is 67.7 Å². The van der Waals surface area contributed by atoms with E-state index in [0.717, 1.165) is 23.0 Å². The summed E-state index contributed by atoms with van der Waals surface area (Å²) in [6.07, 6.45) is 4.40. The number of aromatic hydroxyl groups is 1. The minimum Gasteiger partial charge on any atom is -0.508 e. The van der Waals surface area contributed by atoms with Crippen molar-refractivity contribution >= 4 is 0 Å². The van der Waals surface area contributed by atoms with Crippen LogP contribution in [0.2, 0.25) is 0 Å². The van der Waals surface area contributed by atoms with Crippen molar-refractivity contribution in [3.8, 4) is 5.75 Å². The van der Waals surface area contributed by atoms with Crippen LogP contribution >= 0.6 is 0 Å². The van der Waals surface area contributed by atoms with Crippen LogP contribution < -0.4 is 11.5 Å². The summed E-state index contributed by atoms with van der Waals surface area (Å²) in [6.45, 7) is 8.56. The van der Waals surface area contributed by atoms with Crippen LogP contribution in [-0.4, -0.2) is 17.2 Å². The summed E-state index contributed by atoms with van der Waals surface area (Å²) < 4.78 is 0. The zero-order chi connectivity index (χ0) is 19.3. The second-order valence-corrected chi connectivity index (χ2v) is 8.51. The molecule has 0 radical (unpaired) electrons. The lowest BCUT2D eigenvalue weighted by Crippen LogP contribution is -2.44. The van der Waals surface area contributed by atoms with Crippen molar-refractivity contribution in [3.05, 3.63) is 64.7 Å². The molecule has 0 amide bonds. The van der Waals surface area contributed by atoms with E-state index in [-0.39, 0.29) is 12.1 Å². The smallest absolute Gasteiger partial charge is 0.118 e. The van der Waals surface area contributed by atoms with Gasteiger partial charge in [0.1, 0.15) is 5.75 Å². The van der Waals surface area contributed by atoms with E-state index < -0.39 is 0 Å². The number of nitrogens with two attached hydrogens (primary N) is 2. The topological polar surface area (TPSA) is 72.3 Å². The lowest BCUT2D eigenvalue weighted by atomic mass is 9.94. The predicted molar refractivity (Wildman–Crippen MR) is 110 cm³/mol. The summed E-state index contributed by atoms with van der Waals surface area (Å²) in [5.41, 5.74) is 17.7. The summed E-state index contributed by atoms with van der Waals surface area (Å²) in [7, 11) is 0. The van der Waals surface area contributed by atoms with Crippen LogP contribution in [0.4, 0.5) is 0 Å². The standard InChI is InChI=1S/C18H24N2O.C5H10/c1-12-4-3-5-14(8-12)10-16(19)17(20)11-15-6-7-18(21)13(2)9-15;1-5(2)3-4-5/h3-9,16-17,21H,10-11,19-20H2,1-2H3;3-4H2,1-2H3. The van der Waals surface area contributed by atoms with Crippen molar-refractivity contribution < 1.29 is 5.11 Å². The average Bonchev–Trinajstić information content (AvgIpc) is 3.26. The third-order valence-corrected chi connectivity index (χ3v) is 5.09. The van der Waals surface area contributed by atoms with Crippen LogP contribution in [-0.2, 0) is 12.8 Å². The van der Waals surface area contributed by atoms with E-state index in [9.17, 15) is 5.11 Å². The highest BCUT2D eigenvalue weighted by Gasteiger charge is 2.30. The number of phenols is 1. The molecular formula is C23H34N2O. The molecule has 5 N–H and O–H groups in total. The minimum absolute atomic E-state index is 0.0825. The molecule has 0 saturated heterocycles. The first-order valence-corrected chi connectivity index (χ1v) is 9.51. The zero-order valence-corrected chi connectivity index (χ0v) is 16.6. The molecular weight excluding hydrogens is 320 g/mol. The normalized spacial score (nSPS) is 17.0. The molecule has 0 heterocycles. The molecule has 3 nitrogen and oxygen atoms in total. The van der Waals surface area contributed by atoms with Crippen LogP contribution in [0, 0.1) is 19.3 Å². The van der Waals surface area contributed by atoms with E-state index in [1.54, 1.807) is 6.07 Å². The van der Waals surface area contributed by atoms with Gasteiger partial charge in [-0.2, -0.15) is 0 Å². The van der Waals surface area contributed by atoms with E-state index in [2.05, 4.69) is 39.0 Å². The van der Waals surface area contributed by atoms with Gasteiger partial charge < -0.3 is 16.6 Å². The summed E-state index contributed by atoms with van der Waals surface area (Å²) in [5, 5.41) is 9.55. The minimum atomic E-state index is -0.102. The SMILES string of the molecule is CC1(C)CC1.Cc1cccc(CC(N)C(N)Cc2ccc(O)c(C)c2)c1. The van der Waals surface area contributed by atoms with E-state index >= 15 is 0 Å². The van der Waals surface area contributed by atoms with Crippen molar-refractivity contribution in [2.45, 2.75) is 65.5 Å². The molecule has 2 aromatic rings. The third kappa shape index (κ3) is 6.81. The Hall–Kier alpha value is -1.84. The molecule has 0 aliphatic heterocycles. The van der Waals surface area contributed by atoms with Gasteiger partial charge in [-0.1, -0.05) is 55.8 Å². The van der Waals surface area contributed by atoms with E-state index in [0.29, 0.717) is 12.2 Å². The summed E-state index contributed by atoms with van der Waals surface area (Å²) in [6, 6.07) is 13.8. The summed E-state index contributed by atoms with van der Waals surface area (Å²) in [4.78, 5) is 0. The lowest BCUT2D eigenvalue weighted by Gasteiger charge is -2.20. The Morgan fingerprint density at radius 3 is 1.92 bits per heavy atom. The number of hydrogen-bond acceptors (Lipinski definition) is 3. The van der Waals surface area contributed by atoms with E-state index in [1.165, 1.54) is 24.0 Å². The molecule has 1 aliphatic rings. The molecule has 1 saturated carbocycles. The van der Waals surface area contributed by atoms with Crippen LogP contribution in [0.25, 0.3) is 0 Å². The molecule has 3 rings (SSSR count). The predicted octanol–water partition coefficient (Wildman–Crippen LogP) is 4.26. The fourth-order valence-electron chi connectivity index (χ4n) is 2.78. The summed E-state index contributed by atoms with van der Waals surface area (Å²) >= 11 is 0. The Kier molecular flexibility index (Phi) is 6.85. The molecule has 2 atom stereocenters. The number of benzene rings is 2. The molecule has 2 aromatic carbocycles. The highest BCUT2D eigenvalue weighted by molar-refractivity contribution is 5.35. The maximum Gasteiger partial charge on any atom is 0.118 e. The molecule has 142 valence electrons. The molecule has 0 spiro atoms. The summed E-state index contributed by atoms with van der Waals surface area (Å²) in [5.74, 6) is 0.316. The maximum absolute atomic E-state index is 9.55. The van der Waals surface area contributed by atoms with Gasteiger partial charge in [0, 0.05) is 12.1 Å². The maximum atomic E-state index is 9.55. The molecule has 26 heavy (non-hydrogen) atoms. The Morgan fingerprint density at radius 2 is 1.46 bits per heavy atom. The molecule has 2 unspecified atom stereocenters. The van der Waals surface area contributed by atoms with Crippen molar-refractivity contribution in [1.29, 1.82) is 0 Å². The van der Waals surface area contributed by atoms with Crippen LogP contribution in [0.15, 0.2) is 42.5 Å². The number of aryl methyl sites for hydroxylation is 2. The van der Waals surface area contributed by atoms with Gasteiger partial charge in [0.25, 0.3) is 0 Å². The lowest BCUT2D eigenvalue weighted by molar-refractivity contribution is 0.470. The Labute approximate surface area is 158 Å². The second-order valence-electron chi connectivity index (χ2n) is 8.51. The molecule has 0 bridgehead atoms. The van der Waals surface area contributed by atoms with Crippen molar-refractivity contribution in [3.63, 3.8) is 0 Å². The number of phenolic OH excluding ortho intramolecular Hbond substituents is 1. The number of rotatable bonds is 5. The van der Waals surface area contributed by atoms with Crippen LogP contribution in [0.5, 0.6) is 5.75 Å². The van der Waals surface area contributed by atoms with Gasteiger partial charge in [0.2, 0.25) is 0 Å². The van der Waals surface area contributed by atoms with Gasteiger partial charge in [-0.3, -0.25) is 0 Å². The largest absolute Gasteiger partial charge is 0.508 e. The van der Waals surface area contributed by atoms with Crippen molar-refractivity contribution in [1.82, 2.24) is 0 Å². The van der Waals surface area contributed by atoms with Crippen molar-refractivity contribution in [2.24, 2.45) is 16.9 Å². The first-order valence-electron chi connectivity index (χ1n) is 9.51. The molecule has 1 aliphatic carbocycles. The first kappa shape index (κ1) is 20.5. The van der Waals surface area contributed by atoms with Gasteiger partial charge in [0.15, 0.2) is 0 Å². The molecule has 1 fully saturated rings. The Morgan fingerprint density at radius 1 is 0.923 bits per heavy atom. The van der Waals surface area contributed by atoms with Gasteiger partial charge in [-0.25, -0.2) is 0 Å². The zero-order valence-electron chi connectivity index (χ0n) is 16.6. The quantitative estimate of drug-likeness (QED) is 0.751. The highest BCUT2D eigenvalue weighted by atomic mass is 16.3. The van der Waals surface area contributed by atoms with E-state index in [1.807, 2.05) is 25.1 Å². The van der Waals surface area contributed by atoms with Crippen molar-refractivity contribution in [2.75, 3.05) is 0 Å². The molecule has 0 aromatic heterocycles. The van der Waals surface area contributed by atoms with Gasteiger partial charge >= 0.3 is 0 Å². The third-order valence-electron chi connectivity index (χ3n) is 5.09. The number of hydrogen-bond donors (Lipinski definition) is 3. The first-order chi connectivity index (χ1) is 12.2. The fraction of sp³-hybridized carbons (Fsp3) is 0.478. The molecule has 3 heteroatoms. The Bertz CT molecular complexity index is 718. The monoisotopic (exact) mass is 354 g/mol. The van der Waals surface area contributed by atoms with E-state index in [4.69, 9.17) is 11.5 Å². The van der Waals surface area contributed by atoms with Gasteiger partial charge in [-0.15, -0.1) is 0 Å². The Balaban J connectivity index is 0.000000417. The highest BCUT2D eigenvalue weighted by Crippen LogP contribution is 2.43. The van der Waals surface area contributed by atoms with Gasteiger partial charge in [0.05, 0.1) is 0 Å². The van der Waals surface area contributed by atoms with Crippen LogP contribution in [0.3, 0.4) is 0 Å².